The van der Waals surface area contributed by atoms with Crippen LogP contribution >= 0.6 is 0 Å². The van der Waals surface area contributed by atoms with Crippen molar-refractivity contribution in [2.45, 2.75) is 44.6 Å². The minimum atomic E-state index is -0.0276. The van der Waals surface area contributed by atoms with Crippen LogP contribution in [0.1, 0.15) is 42.6 Å². The molecule has 0 bridgehead atoms. The number of aromatic nitrogens is 2. The van der Waals surface area contributed by atoms with Crippen LogP contribution < -0.4 is 5.32 Å². The van der Waals surface area contributed by atoms with Crippen LogP contribution in [-0.2, 0) is 11.8 Å². The van der Waals surface area contributed by atoms with Gasteiger partial charge in [0.15, 0.2) is 5.82 Å². The summed E-state index contributed by atoms with van der Waals surface area (Å²) in [5.74, 6) is 1.57. The van der Waals surface area contributed by atoms with Crippen LogP contribution in [0.2, 0.25) is 0 Å². The smallest absolute Gasteiger partial charge is 0.237 e. The Balaban J connectivity index is 1.85. The number of rotatable bonds is 5. The van der Waals surface area contributed by atoms with E-state index in [4.69, 9.17) is 4.52 Å². The number of benzene rings is 1. The van der Waals surface area contributed by atoms with Crippen molar-refractivity contribution in [3.05, 3.63) is 47.1 Å². The van der Waals surface area contributed by atoms with Gasteiger partial charge in [0, 0.05) is 12.5 Å². The van der Waals surface area contributed by atoms with Crippen molar-refractivity contribution in [1.29, 1.82) is 0 Å². The average molecular weight is 271 g/mol. The predicted octanol–water partition coefficient (Wildman–Crippen LogP) is 2.61. The molecule has 4 nitrogen and oxygen atoms in total. The molecule has 0 radical (unpaired) electrons. The molecule has 1 aromatic carbocycles. The molecule has 0 spiro atoms. The lowest BCUT2D eigenvalue weighted by Crippen LogP contribution is -2.24. The summed E-state index contributed by atoms with van der Waals surface area (Å²) < 4.78 is 5.54. The first-order valence-electron chi connectivity index (χ1n) is 7.21. The number of nitrogens with one attached hydrogen (secondary N) is 1. The molecule has 0 aliphatic heterocycles. The SMILES string of the molecule is CNC(C)Cc1noc(C2(c3cccc(C)c3)CC2)n1. The van der Waals surface area contributed by atoms with E-state index < -0.39 is 0 Å². The van der Waals surface area contributed by atoms with Crippen LogP contribution in [0, 0.1) is 6.92 Å². The van der Waals surface area contributed by atoms with Gasteiger partial charge in [0.1, 0.15) is 0 Å². The van der Waals surface area contributed by atoms with Gasteiger partial charge in [-0.2, -0.15) is 4.98 Å². The first kappa shape index (κ1) is 13.3. The summed E-state index contributed by atoms with van der Waals surface area (Å²) in [4.78, 5) is 4.62. The maximum atomic E-state index is 5.54. The third-order valence-electron chi connectivity index (χ3n) is 4.18. The second-order valence-electron chi connectivity index (χ2n) is 5.86. The molecular weight excluding hydrogens is 250 g/mol. The van der Waals surface area contributed by atoms with Gasteiger partial charge in [-0.05, 0) is 39.3 Å². The lowest BCUT2D eigenvalue weighted by Gasteiger charge is -2.11. The lowest BCUT2D eigenvalue weighted by molar-refractivity contribution is 0.354. The molecule has 1 aromatic heterocycles. The van der Waals surface area contributed by atoms with Gasteiger partial charge in [-0.15, -0.1) is 0 Å². The summed E-state index contributed by atoms with van der Waals surface area (Å²) in [5.41, 5.74) is 2.55. The molecule has 1 unspecified atom stereocenters. The van der Waals surface area contributed by atoms with Gasteiger partial charge in [-0.25, -0.2) is 0 Å². The summed E-state index contributed by atoms with van der Waals surface area (Å²) in [6.45, 7) is 4.23. The molecule has 3 rings (SSSR count). The van der Waals surface area contributed by atoms with Gasteiger partial charge in [-0.1, -0.05) is 35.0 Å². The highest BCUT2D eigenvalue weighted by atomic mass is 16.5. The van der Waals surface area contributed by atoms with Gasteiger partial charge in [0.05, 0.1) is 5.41 Å². The first-order chi connectivity index (χ1) is 9.64. The Morgan fingerprint density at radius 1 is 1.40 bits per heavy atom. The molecular formula is C16H21N3O. The Hall–Kier alpha value is -1.68. The van der Waals surface area contributed by atoms with Crippen LogP contribution in [0.3, 0.4) is 0 Å². The van der Waals surface area contributed by atoms with Crippen molar-refractivity contribution in [3.63, 3.8) is 0 Å². The third-order valence-corrected chi connectivity index (χ3v) is 4.18. The van der Waals surface area contributed by atoms with Crippen LogP contribution in [0.15, 0.2) is 28.8 Å². The average Bonchev–Trinajstić information content (AvgIpc) is 3.13. The van der Waals surface area contributed by atoms with E-state index in [1.54, 1.807) is 0 Å². The molecule has 1 aliphatic rings. The molecule has 0 saturated heterocycles. The zero-order chi connectivity index (χ0) is 14.2. The minimum Gasteiger partial charge on any atom is -0.338 e. The van der Waals surface area contributed by atoms with E-state index in [1.165, 1.54) is 11.1 Å². The summed E-state index contributed by atoms with van der Waals surface area (Å²) in [5, 5.41) is 7.33. The first-order valence-corrected chi connectivity index (χ1v) is 7.21. The molecule has 1 atom stereocenters. The molecule has 4 heteroatoms. The van der Waals surface area contributed by atoms with E-state index in [0.717, 1.165) is 31.0 Å². The van der Waals surface area contributed by atoms with E-state index in [2.05, 4.69) is 53.6 Å². The van der Waals surface area contributed by atoms with Crippen LogP contribution in [0.4, 0.5) is 0 Å². The second kappa shape index (κ2) is 5.02. The fourth-order valence-corrected chi connectivity index (χ4v) is 2.60. The maximum absolute atomic E-state index is 5.54. The Morgan fingerprint density at radius 3 is 2.85 bits per heavy atom. The van der Waals surface area contributed by atoms with Gasteiger partial charge in [-0.3, -0.25) is 0 Å². The van der Waals surface area contributed by atoms with Gasteiger partial charge < -0.3 is 9.84 Å². The van der Waals surface area contributed by atoms with E-state index in [1.807, 2.05) is 7.05 Å². The summed E-state index contributed by atoms with van der Waals surface area (Å²) in [6.07, 6.45) is 2.99. The highest BCUT2D eigenvalue weighted by molar-refractivity contribution is 5.40. The molecule has 1 N–H and O–H groups in total. The number of hydrogen-bond acceptors (Lipinski definition) is 4. The largest absolute Gasteiger partial charge is 0.338 e. The standard InChI is InChI=1S/C16H21N3O/c1-11-5-4-6-13(9-11)16(7-8-16)15-18-14(19-20-15)10-12(2)17-3/h4-6,9,12,17H,7-8,10H2,1-3H3. The molecule has 1 aliphatic carbocycles. The van der Waals surface area contributed by atoms with E-state index in [0.29, 0.717) is 6.04 Å². The molecule has 1 heterocycles. The summed E-state index contributed by atoms with van der Waals surface area (Å²) >= 11 is 0. The van der Waals surface area contributed by atoms with Gasteiger partial charge in [0.25, 0.3) is 0 Å². The fourth-order valence-electron chi connectivity index (χ4n) is 2.60. The van der Waals surface area contributed by atoms with Crippen LogP contribution in [0.5, 0.6) is 0 Å². The monoisotopic (exact) mass is 271 g/mol. The number of nitrogens with zero attached hydrogens (tertiary/aromatic N) is 2. The van der Waals surface area contributed by atoms with Crippen molar-refractivity contribution >= 4 is 0 Å². The normalized spacial score (nSPS) is 17.9. The lowest BCUT2D eigenvalue weighted by atomic mass is 9.94. The Kier molecular flexibility index (Phi) is 3.34. The molecule has 2 aromatic rings. The van der Waals surface area contributed by atoms with Crippen molar-refractivity contribution in [1.82, 2.24) is 15.5 Å². The number of hydrogen-bond donors (Lipinski definition) is 1. The van der Waals surface area contributed by atoms with Crippen molar-refractivity contribution in [2.24, 2.45) is 0 Å². The Labute approximate surface area is 119 Å². The highest BCUT2D eigenvalue weighted by Crippen LogP contribution is 2.52. The molecule has 1 saturated carbocycles. The topological polar surface area (TPSA) is 51.0 Å². The summed E-state index contributed by atoms with van der Waals surface area (Å²) in [6, 6.07) is 8.97. The van der Waals surface area contributed by atoms with Gasteiger partial charge >= 0.3 is 0 Å². The number of likely N-dealkylation sites (N-methyl/N-ethyl adjacent to an activating group) is 1. The molecule has 20 heavy (non-hydrogen) atoms. The van der Waals surface area contributed by atoms with Crippen molar-refractivity contribution < 1.29 is 4.52 Å². The quantitative estimate of drug-likeness (QED) is 0.908. The zero-order valence-electron chi connectivity index (χ0n) is 12.3. The Morgan fingerprint density at radius 2 is 2.20 bits per heavy atom. The van der Waals surface area contributed by atoms with E-state index in [9.17, 15) is 0 Å². The van der Waals surface area contributed by atoms with E-state index in [-0.39, 0.29) is 5.41 Å². The van der Waals surface area contributed by atoms with E-state index >= 15 is 0 Å². The van der Waals surface area contributed by atoms with Crippen molar-refractivity contribution in [2.75, 3.05) is 7.05 Å². The Bertz CT molecular complexity index is 601. The fraction of sp³-hybridized carbons (Fsp3) is 0.500. The summed E-state index contributed by atoms with van der Waals surface area (Å²) in [7, 11) is 1.95. The second-order valence-corrected chi connectivity index (χ2v) is 5.86. The molecule has 106 valence electrons. The third kappa shape index (κ3) is 2.36. The molecule has 1 fully saturated rings. The van der Waals surface area contributed by atoms with Gasteiger partial charge in [0.2, 0.25) is 5.89 Å². The zero-order valence-corrected chi connectivity index (χ0v) is 12.3. The highest BCUT2D eigenvalue weighted by Gasteiger charge is 2.50. The van der Waals surface area contributed by atoms with Crippen LogP contribution in [-0.4, -0.2) is 23.2 Å². The predicted molar refractivity (Wildman–Crippen MR) is 77.7 cm³/mol. The minimum absolute atomic E-state index is 0.0276. The number of aryl methyl sites for hydroxylation is 1. The van der Waals surface area contributed by atoms with Crippen LogP contribution in [0.25, 0.3) is 0 Å². The van der Waals surface area contributed by atoms with Crippen molar-refractivity contribution in [3.8, 4) is 0 Å². The maximum Gasteiger partial charge on any atom is 0.237 e. The molecule has 0 amide bonds.